The summed E-state index contributed by atoms with van der Waals surface area (Å²) in [5.41, 5.74) is -0.0787. The highest BCUT2D eigenvalue weighted by molar-refractivity contribution is 7.16. The Balaban J connectivity index is 2.32. The third kappa shape index (κ3) is 2.52. The molecule has 2 rings (SSSR count). The van der Waals surface area contributed by atoms with Gasteiger partial charge in [0.2, 0.25) is 0 Å². The smallest absolute Gasteiger partial charge is 0.295 e. The topological polar surface area (TPSA) is 30.0 Å². The fourth-order valence-corrected chi connectivity index (χ4v) is 2.04. The van der Waals surface area contributed by atoms with Crippen LogP contribution in [-0.2, 0) is 6.18 Å². The molecule has 88 valence electrons. The lowest BCUT2D eigenvalue weighted by molar-refractivity contribution is -0.137. The Labute approximate surface area is 98.7 Å². The lowest BCUT2D eigenvalue weighted by atomic mass is 10.1. The molecule has 2 nitrogen and oxygen atoms in total. The minimum absolute atomic E-state index is 0.305. The number of hydrogen-bond donors (Lipinski definition) is 0. The molecule has 1 heterocycles. The van der Waals surface area contributed by atoms with E-state index in [4.69, 9.17) is 0 Å². The van der Waals surface area contributed by atoms with Gasteiger partial charge in [0.25, 0.3) is 0 Å². The van der Waals surface area contributed by atoms with Crippen molar-refractivity contribution in [3.8, 4) is 10.4 Å². The normalized spacial score (nSPS) is 11.5. The minimum atomic E-state index is -4.33. The van der Waals surface area contributed by atoms with E-state index in [9.17, 15) is 18.0 Å². The van der Waals surface area contributed by atoms with Crippen LogP contribution in [0.4, 0.5) is 13.2 Å². The average Bonchev–Trinajstić information content (AvgIpc) is 2.76. The summed E-state index contributed by atoms with van der Waals surface area (Å²) in [5.74, 6) is 0. The molecular formula is C11H6F3NOS. The van der Waals surface area contributed by atoms with E-state index in [1.54, 1.807) is 0 Å². The van der Waals surface area contributed by atoms with Gasteiger partial charge in [-0.1, -0.05) is 12.1 Å². The second-order valence-electron chi connectivity index (χ2n) is 3.26. The van der Waals surface area contributed by atoms with E-state index in [2.05, 4.69) is 4.98 Å². The Morgan fingerprint density at radius 2 is 1.82 bits per heavy atom. The maximum Gasteiger partial charge on any atom is 0.416 e. The molecule has 0 unspecified atom stereocenters. The predicted octanol–water partition coefficient (Wildman–Crippen LogP) is 3.64. The van der Waals surface area contributed by atoms with E-state index in [1.807, 2.05) is 0 Å². The van der Waals surface area contributed by atoms with Gasteiger partial charge >= 0.3 is 6.18 Å². The van der Waals surface area contributed by atoms with Crippen LogP contribution in [-0.4, -0.2) is 11.3 Å². The molecule has 0 atom stereocenters. The van der Waals surface area contributed by atoms with Gasteiger partial charge in [-0.3, -0.25) is 4.79 Å². The van der Waals surface area contributed by atoms with Gasteiger partial charge in [0.15, 0.2) is 11.3 Å². The first-order chi connectivity index (χ1) is 8.00. The summed E-state index contributed by atoms with van der Waals surface area (Å²) < 4.78 is 37.0. The number of halogens is 3. The number of aldehydes is 1. The Morgan fingerprint density at radius 3 is 2.29 bits per heavy atom. The number of nitrogens with zero attached hydrogens (tertiary/aromatic N) is 1. The number of alkyl halides is 3. The Hall–Kier alpha value is -1.69. The predicted molar refractivity (Wildman–Crippen MR) is 57.9 cm³/mol. The van der Waals surface area contributed by atoms with Gasteiger partial charge in [0.1, 0.15) is 0 Å². The van der Waals surface area contributed by atoms with E-state index < -0.39 is 11.7 Å². The first-order valence-electron chi connectivity index (χ1n) is 4.59. The SMILES string of the molecule is O=Cc1ncc(-c2ccc(C(F)(F)F)cc2)s1. The third-order valence-corrected chi connectivity index (χ3v) is 3.09. The van der Waals surface area contributed by atoms with Crippen molar-refractivity contribution in [1.29, 1.82) is 0 Å². The minimum Gasteiger partial charge on any atom is -0.295 e. The van der Waals surface area contributed by atoms with Crippen LogP contribution in [0, 0.1) is 0 Å². The van der Waals surface area contributed by atoms with Gasteiger partial charge in [-0.05, 0) is 17.7 Å². The Bertz CT molecular complexity index is 530. The van der Waals surface area contributed by atoms with Gasteiger partial charge in [-0.25, -0.2) is 4.98 Å². The first-order valence-corrected chi connectivity index (χ1v) is 5.41. The van der Waals surface area contributed by atoms with Crippen molar-refractivity contribution in [2.45, 2.75) is 6.18 Å². The molecule has 0 aliphatic carbocycles. The molecule has 1 aromatic carbocycles. The molecular weight excluding hydrogens is 251 g/mol. The summed E-state index contributed by atoms with van der Waals surface area (Å²) in [4.78, 5) is 14.9. The molecule has 0 saturated carbocycles. The van der Waals surface area contributed by atoms with E-state index >= 15 is 0 Å². The maximum atomic E-state index is 12.3. The van der Waals surface area contributed by atoms with Crippen LogP contribution in [0.25, 0.3) is 10.4 Å². The molecule has 0 fully saturated rings. The molecule has 0 bridgehead atoms. The van der Waals surface area contributed by atoms with Crippen LogP contribution >= 0.6 is 11.3 Å². The fourth-order valence-electron chi connectivity index (χ4n) is 1.30. The molecule has 0 radical (unpaired) electrons. The summed E-state index contributed by atoms with van der Waals surface area (Å²) in [6.07, 6.45) is -2.25. The van der Waals surface area contributed by atoms with Gasteiger partial charge < -0.3 is 0 Å². The molecule has 0 amide bonds. The summed E-state index contributed by atoms with van der Waals surface area (Å²) in [6, 6.07) is 4.75. The lowest BCUT2D eigenvalue weighted by Gasteiger charge is -2.06. The third-order valence-electron chi connectivity index (χ3n) is 2.12. The summed E-state index contributed by atoms with van der Waals surface area (Å²) in [7, 11) is 0. The highest BCUT2D eigenvalue weighted by Crippen LogP contribution is 2.32. The summed E-state index contributed by atoms with van der Waals surface area (Å²) in [6.45, 7) is 0. The molecule has 1 aromatic heterocycles. The van der Waals surface area contributed by atoms with E-state index in [1.165, 1.54) is 18.3 Å². The second kappa shape index (κ2) is 4.29. The van der Waals surface area contributed by atoms with Crippen molar-refractivity contribution in [1.82, 2.24) is 4.98 Å². The lowest BCUT2D eigenvalue weighted by Crippen LogP contribution is -2.03. The second-order valence-corrected chi connectivity index (χ2v) is 4.32. The van der Waals surface area contributed by atoms with Crippen LogP contribution in [0.2, 0.25) is 0 Å². The summed E-state index contributed by atoms with van der Waals surface area (Å²) in [5, 5.41) is 0.305. The Morgan fingerprint density at radius 1 is 1.18 bits per heavy atom. The van der Waals surface area contributed by atoms with Crippen molar-refractivity contribution in [2.24, 2.45) is 0 Å². The molecule has 6 heteroatoms. The number of carbonyl (C=O) groups is 1. The Kier molecular flexibility index (Phi) is 2.97. The standard InChI is InChI=1S/C11H6F3NOS/c12-11(13,14)8-3-1-7(2-4-8)9-5-15-10(6-16)17-9/h1-6H. The van der Waals surface area contributed by atoms with E-state index in [0.29, 0.717) is 21.7 Å². The van der Waals surface area contributed by atoms with Gasteiger partial charge in [-0.15, -0.1) is 11.3 Å². The molecule has 0 saturated heterocycles. The molecule has 0 spiro atoms. The average molecular weight is 257 g/mol. The van der Waals surface area contributed by atoms with Gasteiger partial charge in [0, 0.05) is 6.20 Å². The van der Waals surface area contributed by atoms with Crippen LogP contribution < -0.4 is 0 Å². The van der Waals surface area contributed by atoms with Crippen LogP contribution in [0.3, 0.4) is 0 Å². The number of carbonyl (C=O) groups excluding carboxylic acids is 1. The van der Waals surface area contributed by atoms with Gasteiger partial charge in [0.05, 0.1) is 10.4 Å². The largest absolute Gasteiger partial charge is 0.416 e. The quantitative estimate of drug-likeness (QED) is 0.769. The number of thiazole rings is 1. The number of aromatic nitrogens is 1. The van der Waals surface area contributed by atoms with Crippen molar-refractivity contribution >= 4 is 17.6 Å². The number of rotatable bonds is 2. The fraction of sp³-hybridized carbons (Fsp3) is 0.0909. The van der Waals surface area contributed by atoms with Crippen LogP contribution in [0.1, 0.15) is 15.4 Å². The highest BCUT2D eigenvalue weighted by atomic mass is 32.1. The van der Waals surface area contributed by atoms with Crippen molar-refractivity contribution in [3.63, 3.8) is 0 Å². The number of benzene rings is 1. The zero-order valence-electron chi connectivity index (χ0n) is 8.36. The molecule has 0 N–H and O–H groups in total. The molecule has 0 aliphatic rings. The van der Waals surface area contributed by atoms with Gasteiger partial charge in [-0.2, -0.15) is 13.2 Å². The van der Waals surface area contributed by atoms with E-state index in [0.717, 1.165) is 23.5 Å². The zero-order valence-corrected chi connectivity index (χ0v) is 9.18. The first kappa shape index (κ1) is 11.8. The maximum absolute atomic E-state index is 12.3. The van der Waals surface area contributed by atoms with E-state index in [-0.39, 0.29) is 0 Å². The molecule has 0 aliphatic heterocycles. The van der Waals surface area contributed by atoms with Crippen LogP contribution in [0.15, 0.2) is 30.5 Å². The summed E-state index contributed by atoms with van der Waals surface area (Å²) >= 11 is 1.14. The molecule has 2 aromatic rings. The van der Waals surface area contributed by atoms with Crippen LogP contribution in [0.5, 0.6) is 0 Å². The number of hydrogen-bond acceptors (Lipinski definition) is 3. The van der Waals surface area contributed by atoms with Crippen molar-refractivity contribution in [2.75, 3.05) is 0 Å². The van der Waals surface area contributed by atoms with Crippen molar-refractivity contribution < 1.29 is 18.0 Å². The highest BCUT2D eigenvalue weighted by Gasteiger charge is 2.29. The molecule has 17 heavy (non-hydrogen) atoms. The zero-order chi connectivity index (χ0) is 12.5. The van der Waals surface area contributed by atoms with Crippen molar-refractivity contribution in [3.05, 3.63) is 41.0 Å². The monoisotopic (exact) mass is 257 g/mol.